The molecule has 0 aliphatic heterocycles. The van der Waals surface area contributed by atoms with E-state index in [4.69, 9.17) is 0 Å². The van der Waals surface area contributed by atoms with Gasteiger partial charge in [0.05, 0.1) is 10.2 Å². The molecule has 0 aliphatic rings. The minimum Gasteiger partial charge on any atom is -0.332 e. The van der Waals surface area contributed by atoms with Gasteiger partial charge in [-0.25, -0.2) is 4.98 Å². The van der Waals surface area contributed by atoms with Gasteiger partial charge >= 0.3 is 0 Å². The van der Waals surface area contributed by atoms with Crippen molar-refractivity contribution >= 4 is 32.4 Å². The molecule has 2 aromatic carbocycles. The average Bonchev–Trinajstić information content (AvgIpc) is 2.80. The molecular formula is C16H16N2S. The van der Waals surface area contributed by atoms with E-state index in [1.54, 1.807) is 11.3 Å². The quantitative estimate of drug-likeness (QED) is 0.709. The van der Waals surface area contributed by atoms with E-state index in [1.165, 1.54) is 10.3 Å². The summed E-state index contributed by atoms with van der Waals surface area (Å²) in [6.45, 7) is 4.43. The summed E-state index contributed by atoms with van der Waals surface area (Å²) in [5.74, 6) is 0.553. The maximum atomic E-state index is 4.62. The minimum absolute atomic E-state index is 0.553. The molecule has 0 amide bonds. The molecule has 2 nitrogen and oxygen atoms in total. The van der Waals surface area contributed by atoms with Gasteiger partial charge in [0.15, 0.2) is 5.13 Å². The molecule has 3 heteroatoms. The molecule has 1 aromatic heterocycles. The smallest absolute Gasteiger partial charge is 0.188 e. The van der Waals surface area contributed by atoms with E-state index in [0.29, 0.717) is 5.92 Å². The summed E-state index contributed by atoms with van der Waals surface area (Å²) >= 11 is 1.70. The van der Waals surface area contributed by atoms with Crippen LogP contribution in [0.5, 0.6) is 0 Å². The van der Waals surface area contributed by atoms with Crippen LogP contribution < -0.4 is 5.32 Å². The number of nitrogens with one attached hydrogen (secondary N) is 1. The van der Waals surface area contributed by atoms with Crippen LogP contribution in [0.3, 0.4) is 0 Å². The third kappa shape index (κ3) is 2.61. The lowest BCUT2D eigenvalue weighted by Gasteiger charge is -2.03. The molecule has 19 heavy (non-hydrogen) atoms. The van der Waals surface area contributed by atoms with Gasteiger partial charge < -0.3 is 5.32 Å². The third-order valence-electron chi connectivity index (χ3n) is 3.10. The number of thiazole rings is 1. The van der Waals surface area contributed by atoms with Gasteiger partial charge in [0.1, 0.15) is 0 Å². The SMILES string of the molecule is CC(C)c1ccc2nc(Nc3ccccc3)sc2c1. The fraction of sp³-hybridized carbons (Fsp3) is 0.188. The second-order valence-corrected chi connectivity index (χ2v) is 5.92. The number of anilines is 2. The summed E-state index contributed by atoms with van der Waals surface area (Å²) in [6.07, 6.45) is 0. The predicted octanol–water partition coefficient (Wildman–Crippen LogP) is 5.16. The number of hydrogen-bond donors (Lipinski definition) is 1. The van der Waals surface area contributed by atoms with Crippen LogP contribution in [-0.2, 0) is 0 Å². The molecule has 3 aromatic rings. The van der Waals surface area contributed by atoms with Gasteiger partial charge in [-0.15, -0.1) is 0 Å². The summed E-state index contributed by atoms with van der Waals surface area (Å²) in [7, 11) is 0. The standard InChI is InChI=1S/C16H16N2S/c1-11(2)12-8-9-14-15(10-12)19-16(18-14)17-13-6-4-3-5-7-13/h3-11H,1-2H3,(H,17,18). The average molecular weight is 268 g/mol. The number of rotatable bonds is 3. The molecule has 0 spiro atoms. The molecule has 96 valence electrons. The Balaban J connectivity index is 1.93. The van der Waals surface area contributed by atoms with Crippen LogP contribution in [0.15, 0.2) is 48.5 Å². The highest BCUT2D eigenvalue weighted by Gasteiger charge is 2.06. The fourth-order valence-corrected chi connectivity index (χ4v) is 2.93. The minimum atomic E-state index is 0.553. The van der Waals surface area contributed by atoms with E-state index >= 15 is 0 Å². The largest absolute Gasteiger partial charge is 0.332 e. The van der Waals surface area contributed by atoms with E-state index in [0.717, 1.165) is 16.3 Å². The summed E-state index contributed by atoms with van der Waals surface area (Å²) < 4.78 is 1.24. The van der Waals surface area contributed by atoms with E-state index < -0.39 is 0 Å². The molecule has 0 unspecified atom stereocenters. The van der Waals surface area contributed by atoms with Crippen LogP contribution in [0.4, 0.5) is 10.8 Å². The van der Waals surface area contributed by atoms with Crippen LogP contribution in [0, 0.1) is 0 Å². The van der Waals surface area contributed by atoms with Crippen LogP contribution in [0.2, 0.25) is 0 Å². The molecule has 0 aliphatic carbocycles. The normalized spacial score (nSPS) is 11.1. The summed E-state index contributed by atoms with van der Waals surface area (Å²) in [4.78, 5) is 4.62. The second kappa shape index (κ2) is 5.02. The lowest BCUT2D eigenvalue weighted by atomic mass is 10.0. The molecule has 3 rings (SSSR count). The van der Waals surface area contributed by atoms with E-state index in [-0.39, 0.29) is 0 Å². The summed E-state index contributed by atoms with van der Waals surface area (Å²) in [5.41, 5.74) is 3.50. The number of fused-ring (bicyclic) bond motifs is 1. The molecule has 0 saturated heterocycles. The van der Waals surface area contributed by atoms with Gasteiger partial charge in [-0.1, -0.05) is 49.4 Å². The fourth-order valence-electron chi connectivity index (χ4n) is 2.00. The monoisotopic (exact) mass is 268 g/mol. The van der Waals surface area contributed by atoms with Gasteiger partial charge in [-0.2, -0.15) is 0 Å². The van der Waals surface area contributed by atoms with Gasteiger partial charge in [0.25, 0.3) is 0 Å². The van der Waals surface area contributed by atoms with E-state index in [1.807, 2.05) is 30.3 Å². The van der Waals surface area contributed by atoms with E-state index in [2.05, 4.69) is 42.3 Å². The number of aromatic nitrogens is 1. The van der Waals surface area contributed by atoms with Gasteiger partial charge in [0.2, 0.25) is 0 Å². The van der Waals surface area contributed by atoms with Crippen molar-refractivity contribution < 1.29 is 0 Å². The van der Waals surface area contributed by atoms with Gasteiger partial charge in [0, 0.05) is 5.69 Å². The molecule has 0 bridgehead atoms. The van der Waals surface area contributed by atoms with E-state index in [9.17, 15) is 0 Å². The Morgan fingerprint density at radius 3 is 2.58 bits per heavy atom. The zero-order chi connectivity index (χ0) is 13.2. The molecular weight excluding hydrogens is 252 g/mol. The van der Waals surface area contributed by atoms with Crippen molar-refractivity contribution in [2.24, 2.45) is 0 Å². The van der Waals surface area contributed by atoms with Crippen LogP contribution in [0.25, 0.3) is 10.2 Å². The summed E-state index contributed by atoms with van der Waals surface area (Å²) in [5, 5.41) is 4.30. The first-order valence-corrected chi connectivity index (χ1v) is 7.26. The maximum absolute atomic E-state index is 4.62. The van der Waals surface area contributed by atoms with Gasteiger partial charge in [-0.05, 0) is 35.7 Å². The Kier molecular flexibility index (Phi) is 3.22. The second-order valence-electron chi connectivity index (χ2n) is 4.89. The highest BCUT2D eigenvalue weighted by molar-refractivity contribution is 7.22. The third-order valence-corrected chi connectivity index (χ3v) is 4.04. The zero-order valence-corrected chi connectivity index (χ0v) is 11.9. The Bertz CT molecular complexity index is 686. The first-order chi connectivity index (χ1) is 9.22. The Hall–Kier alpha value is -1.87. The maximum Gasteiger partial charge on any atom is 0.188 e. The number of nitrogens with zero attached hydrogens (tertiary/aromatic N) is 1. The van der Waals surface area contributed by atoms with Crippen molar-refractivity contribution in [3.63, 3.8) is 0 Å². The Morgan fingerprint density at radius 2 is 1.84 bits per heavy atom. The Labute approximate surface area is 117 Å². The molecule has 0 fully saturated rings. The molecule has 0 radical (unpaired) electrons. The highest BCUT2D eigenvalue weighted by atomic mass is 32.1. The number of para-hydroxylation sites is 1. The van der Waals surface area contributed by atoms with Crippen LogP contribution in [-0.4, -0.2) is 4.98 Å². The van der Waals surface area contributed by atoms with Gasteiger partial charge in [-0.3, -0.25) is 0 Å². The molecule has 0 atom stereocenters. The topological polar surface area (TPSA) is 24.9 Å². The van der Waals surface area contributed by atoms with Crippen molar-refractivity contribution in [2.75, 3.05) is 5.32 Å². The van der Waals surface area contributed by atoms with Crippen molar-refractivity contribution in [1.82, 2.24) is 4.98 Å². The highest BCUT2D eigenvalue weighted by Crippen LogP contribution is 2.30. The number of benzene rings is 2. The lowest BCUT2D eigenvalue weighted by molar-refractivity contribution is 0.869. The first kappa shape index (κ1) is 12.2. The van der Waals surface area contributed by atoms with Crippen LogP contribution in [0.1, 0.15) is 25.3 Å². The Morgan fingerprint density at radius 1 is 1.05 bits per heavy atom. The molecule has 1 N–H and O–H groups in total. The molecule has 0 saturated carbocycles. The van der Waals surface area contributed by atoms with Crippen molar-refractivity contribution in [3.05, 3.63) is 54.1 Å². The first-order valence-electron chi connectivity index (χ1n) is 6.45. The lowest BCUT2D eigenvalue weighted by Crippen LogP contribution is -1.87. The predicted molar refractivity (Wildman–Crippen MR) is 83.4 cm³/mol. The zero-order valence-electron chi connectivity index (χ0n) is 11.1. The van der Waals surface area contributed by atoms with Crippen molar-refractivity contribution in [1.29, 1.82) is 0 Å². The summed E-state index contributed by atoms with van der Waals surface area (Å²) in [6, 6.07) is 16.7. The van der Waals surface area contributed by atoms with Crippen LogP contribution >= 0.6 is 11.3 Å². The number of hydrogen-bond acceptors (Lipinski definition) is 3. The molecule has 1 heterocycles. The van der Waals surface area contributed by atoms with Crippen molar-refractivity contribution in [3.8, 4) is 0 Å². The van der Waals surface area contributed by atoms with Crippen molar-refractivity contribution in [2.45, 2.75) is 19.8 Å².